The molecule has 0 aromatic heterocycles. The largest absolute Gasteiger partial charge is 0.432 e. The molecule has 0 bridgehead atoms. The predicted octanol–water partition coefficient (Wildman–Crippen LogP) is 4.13. The fourth-order valence-electron chi connectivity index (χ4n) is 3.35. The van der Waals surface area contributed by atoms with Gasteiger partial charge in [0.05, 0.1) is 10.5 Å². The third-order valence-corrected chi connectivity index (χ3v) is 6.36. The van der Waals surface area contributed by atoms with Crippen molar-refractivity contribution in [3.8, 4) is 5.75 Å². The lowest BCUT2D eigenvalue weighted by molar-refractivity contribution is -0.201. The number of rotatable bonds is 8. The van der Waals surface area contributed by atoms with Gasteiger partial charge in [-0.3, -0.25) is 0 Å². The van der Waals surface area contributed by atoms with E-state index in [0.717, 1.165) is 5.56 Å². The molecule has 1 atom stereocenters. The Morgan fingerprint density at radius 1 is 0.909 bits per heavy atom. The van der Waals surface area contributed by atoms with Crippen LogP contribution in [0.15, 0.2) is 77.7 Å². The summed E-state index contributed by atoms with van der Waals surface area (Å²) in [4.78, 5) is 12.2. The maximum Gasteiger partial charge on any atom is 0.362 e. The van der Waals surface area contributed by atoms with Crippen LogP contribution in [0.25, 0.3) is 0 Å². The van der Waals surface area contributed by atoms with Crippen molar-refractivity contribution in [2.75, 3.05) is 7.11 Å². The number of carbonyl (C=O) groups is 1. The van der Waals surface area contributed by atoms with Crippen molar-refractivity contribution in [3.05, 3.63) is 95.1 Å². The first kappa shape index (κ1) is 24.4. The first-order valence-electron chi connectivity index (χ1n) is 10.2. The fraction of sp³-hybridized carbons (Fsp3) is 0.240. The minimum atomic E-state index is -4.11. The van der Waals surface area contributed by atoms with Crippen LogP contribution in [0.5, 0.6) is 5.75 Å². The minimum Gasteiger partial charge on any atom is -0.432 e. The van der Waals surface area contributed by atoms with E-state index >= 15 is 0 Å². The zero-order chi connectivity index (χ0) is 24.2. The van der Waals surface area contributed by atoms with Crippen LogP contribution in [0.2, 0.25) is 0 Å². The molecule has 0 aliphatic carbocycles. The molecule has 0 amide bonds. The third-order valence-electron chi connectivity index (χ3n) is 5.39. The molecular weight excluding hydrogens is 442 g/mol. The van der Waals surface area contributed by atoms with E-state index in [4.69, 9.17) is 19.3 Å². The Bertz CT molecular complexity index is 1220. The molecule has 0 fully saturated rings. The number of esters is 1. The predicted molar refractivity (Wildman–Crippen MR) is 124 cm³/mol. The SMILES string of the molecule is COC(OC(=O)c1ccccc1S(N)(=O)=O)Oc1ccc(C(C)(C)c2ccc(C)cc2)cc1. The lowest BCUT2D eigenvalue weighted by atomic mass is 9.78. The number of ether oxygens (including phenoxy) is 3. The Hall–Kier alpha value is -3.20. The number of primary sulfonamides is 1. The van der Waals surface area contributed by atoms with Gasteiger partial charge in [0, 0.05) is 12.5 Å². The van der Waals surface area contributed by atoms with Gasteiger partial charge in [0.2, 0.25) is 10.0 Å². The number of nitrogens with two attached hydrogens (primary N) is 1. The summed E-state index contributed by atoms with van der Waals surface area (Å²) in [5, 5.41) is 5.18. The topological polar surface area (TPSA) is 105 Å². The molecule has 7 nitrogen and oxygen atoms in total. The van der Waals surface area contributed by atoms with Crippen LogP contribution in [0, 0.1) is 6.92 Å². The molecule has 3 aromatic carbocycles. The zero-order valence-electron chi connectivity index (χ0n) is 18.9. The van der Waals surface area contributed by atoms with Crippen molar-refractivity contribution in [3.63, 3.8) is 0 Å². The van der Waals surface area contributed by atoms with Crippen LogP contribution in [-0.2, 0) is 24.9 Å². The summed E-state index contributed by atoms with van der Waals surface area (Å²) in [5.41, 5.74) is 3.02. The Morgan fingerprint density at radius 3 is 2.00 bits per heavy atom. The minimum absolute atomic E-state index is 0.208. The number of benzene rings is 3. The number of carbonyl (C=O) groups excluding carboxylic acids is 1. The van der Waals surface area contributed by atoms with Gasteiger partial charge in [-0.2, -0.15) is 0 Å². The molecule has 174 valence electrons. The molecule has 0 aliphatic heterocycles. The molecule has 0 heterocycles. The summed E-state index contributed by atoms with van der Waals surface area (Å²) in [6.07, 6.45) is 0. The van der Waals surface area contributed by atoms with Crippen molar-refractivity contribution in [1.82, 2.24) is 0 Å². The molecular formula is C25H27NO6S. The van der Waals surface area contributed by atoms with Crippen LogP contribution < -0.4 is 9.88 Å². The van der Waals surface area contributed by atoms with E-state index in [1.54, 1.807) is 12.1 Å². The molecule has 3 aromatic rings. The molecule has 3 rings (SSSR count). The standard InChI is InChI=1S/C25H27NO6S/c1-17-9-11-18(12-10-17)25(2,3)19-13-15-20(16-14-19)31-24(30-4)32-23(27)21-7-5-6-8-22(21)33(26,28)29/h5-16,24H,1-4H3,(H2,26,28,29). The summed E-state index contributed by atoms with van der Waals surface area (Å²) in [6.45, 7) is 4.93. The van der Waals surface area contributed by atoms with Crippen LogP contribution in [0.4, 0.5) is 0 Å². The van der Waals surface area contributed by atoms with Gasteiger partial charge in [-0.15, -0.1) is 0 Å². The van der Waals surface area contributed by atoms with Gasteiger partial charge in [0.1, 0.15) is 5.75 Å². The summed E-state index contributed by atoms with van der Waals surface area (Å²) in [7, 11) is -2.80. The molecule has 33 heavy (non-hydrogen) atoms. The first-order chi connectivity index (χ1) is 15.5. The zero-order valence-corrected chi connectivity index (χ0v) is 19.8. The number of sulfonamides is 1. The normalized spacial score (nSPS) is 12.8. The molecule has 8 heteroatoms. The number of hydrogen-bond donors (Lipinski definition) is 1. The van der Waals surface area contributed by atoms with E-state index in [9.17, 15) is 13.2 Å². The molecule has 1 unspecified atom stereocenters. The van der Waals surface area contributed by atoms with Crippen LogP contribution in [0.3, 0.4) is 0 Å². The van der Waals surface area contributed by atoms with Crippen molar-refractivity contribution in [2.24, 2.45) is 5.14 Å². The summed E-state index contributed by atoms with van der Waals surface area (Å²) in [5.74, 6) is -0.526. The van der Waals surface area contributed by atoms with Gasteiger partial charge in [0.25, 0.3) is 0 Å². The molecule has 0 radical (unpaired) electrons. The summed E-state index contributed by atoms with van der Waals surface area (Å²) < 4.78 is 39.4. The Morgan fingerprint density at radius 2 is 1.45 bits per heavy atom. The van der Waals surface area contributed by atoms with E-state index in [0.29, 0.717) is 5.75 Å². The quantitative estimate of drug-likeness (QED) is 0.393. The van der Waals surface area contributed by atoms with Gasteiger partial charge in [-0.05, 0) is 42.3 Å². The fourth-order valence-corrected chi connectivity index (χ4v) is 4.08. The molecule has 2 N–H and O–H groups in total. The highest BCUT2D eigenvalue weighted by atomic mass is 32.2. The highest BCUT2D eigenvalue weighted by molar-refractivity contribution is 7.89. The average molecular weight is 470 g/mol. The van der Waals surface area contributed by atoms with Gasteiger partial charge in [0.15, 0.2) is 0 Å². The van der Waals surface area contributed by atoms with E-state index in [1.165, 1.54) is 42.5 Å². The molecule has 0 spiro atoms. The smallest absolute Gasteiger partial charge is 0.362 e. The van der Waals surface area contributed by atoms with Crippen molar-refractivity contribution in [2.45, 2.75) is 37.6 Å². The van der Waals surface area contributed by atoms with E-state index < -0.39 is 22.5 Å². The second-order valence-corrected chi connectivity index (χ2v) is 9.63. The number of methoxy groups -OCH3 is 1. The van der Waals surface area contributed by atoms with Gasteiger partial charge >= 0.3 is 12.4 Å². The maximum absolute atomic E-state index is 12.5. The Kier molecular flexibility index (Phi) is 7.22. The summed E-state index contributed by atoms with van der Waals surface area (Å²) in [6, 6.07) is 21.2. The average Bonchev–Trinajstić information content (AvgIpc) is 2.78. The van der Waals surface area contributed by atoms with Gasteiger partial charge < -0.3 is 14.2 Å². The lowest BCUT2D eigenvalue weighted by Crippen LogP contribution is -2.27. The second kappa shape index (κ2) is 9.74. The molecule has 0 saturated carbocycles. The second-order valence-electron chi connectivity index (χ2n) is 8.10. The van der Waals surface area contributed by atoms with Crippen molar-refractivity contribution >= 4 is 16.0 Å². The lowest BCUT2D eigenvalue weighted by Gasteiger charge is -2.26. The Labute approximate surface area is 194 Å². The highest BCUT2D eigenvalue weighted by Gasteiger charge is 2.25. The van der Waals surface area contributed by atoms with E-state index in [1.807, 2.05) is 12.1 Å². The number of hydrogen-bond acceptors (Lipinski definition) is 6. The molecule has 0 saturated heterocycles. The highest BCUT2D eigenvalue weighted by Crippen LogP contribution is 2.32. The van der Waals surface area contributed by atoms with Gasteiger partial charge in [-0.25, -0.2) is 18.4 Å². The van der Waals surface area contributed by atoms with Crippen LogP contribution in [-0.4, -0.2) is 28.0 Å². The first-order valence-corrected chi connectivity index (χ1v) is 11.8. The Balaban J connectivity index is 1.74. The van der Waals surface area contributed by atoms with Crippen LogP contribution in [0.1, 0.15) is 40.9 Å². The van der Waals surface area contributed by atoms with Gasteiger partial charge in [-0.1, -0.05) is 67.9 Å². The monoisotopic (exact) mass is 469 g/mol. The molecule has 0 aliphatic rings. The van der Waals surface area contributed by atoms with E-state index in [2.05, 4.69) is 45.0 Å². The van der Waals surface area contributed by atoms with Crippen molar-refractivity contribution < 1.29 is 27.4 Å². The number of aryl methyl sites for hydroxylation is 1. The van der Waals surface area contributed by atoms with Crippen LogP contribution >= 0.6 is 0 Å². The third kappa shape index (κ3) is 5.78. The van der Waals surface area contributed by atoms with Crippen molar-refractivity contribution in [1.29, 1.82) is 0 Å². The maximum atomic E-state index is 12.5. The van der Waals surface area contributed by atoms with E-state index in [-0.39, 0.29) is 15.9 Å². The summed E-state index contributed by atoms with van der Waals surface area (Å²) >= 11 is 0.